The molecule has 1 aromatic rings. The van der Waals surface area contributed by atoms with Crippen LogP contribution in [0.5, 0.6) is 0 Å². The number of benzene rings is 1. The second kappa shape index (κ2) is 6.26. The normalized spacial score (nSPS) is 20.1. The van der Waals surface area contributed by atoms with Crippen molar-refractivity contribution in [2.75, 3.05) is 11.5 Å². The molecule has 2 N–H and O–H groups in total. The fourth-order valence-electron chi connectivity index (χ4n) is 2.26. The number of hydrogen-bond acceptors (Lipinski definition) is 5. The van der Waals surface area contributed by atoms with E-state index in [0.29, 0.717) is 12.0 Å². The summed E-state index contributed by atoms with van der Waals surface area (Å²) in [5, 5.41) is 0. The number of carbonyl (C=O) groups excluding carboxylic acids is 2. The van der Waals surface area contributed by atoms with Crippen molar-refractivity contribution in [3.05, 3.63) is 35.4 Å². The van der Waals surface area contributed by atoms with E-state index in [1.54, 1.807) is 24.3 Å². The average molecular weight is 311 g/mol. The van der Waals surface area contributed by atoms with Gasteiger partial charge in [-0.25, -0.2) is 8.42 Å². The van der Waals surface area contributed by atoms with Crippen LogP contribution in [-0.4, -0.2) is 31.8 Å². The Morgan fingerprint density at radius 1 is 1.24 bits per heavy atom. The van der Waals surface area contributed by atoms with Crippen molar-refractivity contribution in [3.63, 3.8) is 0 Å². The molecule has 1 aliphatic rings. The van der Waals surface area contributed by atoms with Gasteiger partial charge in [0.15, 0.2) is 9.84 Å². The van der Waals surface area contributed by atoms with Gasteiger partial charge in [0, 0.05) is 12.0 Å². The van der Waals surface area contributed by atoms with Crippen LogP contribution in [0.2, 0.25) is 0 Å². The van der Waals surface area contributed by atoms with Crippen molar-refractivity contribution in [2.24, 2.45) is 11.7 Å². The second-order valence-electron chi connectivity index (χ2n) is 5.20. The number of primary amides is 1. The predicted molar refractivity (Wildman–Crippen MR) is 76.1 cm³/mol. The minimum absolute atomic E-state index is 0.0649. The van der Waals surface area contributed by atoms with Crippen molar-refractivity contribution in [1.82, 2.24) is 0 Å². The summed E-state index contributed by atoms with van der Waals surface area (Å²) in [5.41, 5.74) is 6.26. The number of esters is 1. The first-order valence-corrected chi connectivity index (χ1v) is 8.42. The van der Waals surface area contributed by atoms with Gasteiger partial charge >= 0.3 is 5.97 Å². The Kier molecular flexibility index (Phi) is 4.62. The highest BCUT2D eigenvalue weighted by Crippen LogP contribution is 2.22. The van der Waals surface area contributed by atoms with Gasteiger partial charge in [-0.3, -0.25) is 9.59 Å². The van der Waals surface area contributed by atoms with Crippen molar-refractivity contribution in [2.45, 2.75) is 19.4 Å². The summed E-state index contributed by atoms with van der Waals surface area (Å²) in [6.45, 7) is 0.0946. The fourth-order valence-corrected chi connectivity index (χ4v) is 4.12. The van der Waals surface area contributed by atoms with E-state index in [1.807, 2.05) is 0 Å². The highest BCUT2D eigenvalue weighted by Gasteiger charge is 2.29. The Morgan fingerprint density at radius 3 is 2.43 bits per heavy atom. The number of ether oxygens (including phenoxy) is 1. The molecule has 1 amide bonds. The van der Waals surface area contributed by atoms with Crippen LogP contribution in [0, 0.1) is 5.92 Å². The molecule has 114 valence electrons. The maximum absolute atomic E-state index is 11.7. The van der Waals surface area contributed by atoms with Gasteiger partial charge in [-0.05, 0) is 30.0 Å². The summed E-state index contributed by atoms with van der Waals surface area (Å²) in [7, 11) is -2.97. The Morgan fingerprint density at radius 2 is 1.90 bits per heavy atom. The molecule has 7 heteroatoms. The Labute approximate surface area is 123 Å². The lowest BCUT2D eigenvalue weighted by atomic mass is 10.1. The Hall–Kier alpha value is -1.89. The van der Waals surface area contributed by atoms with Gasteiger partial charge in [-0.1, -0.05) is 12.1 Å². The first kappa shape index (κ1) is 15.5. The van der Waals surface area contributed by atoms with Gasteiger partial charge in [-0.15, -0.1) is 0 Å². The zero-order valence-electron chi connectivity index (χ0n) is 11.4. The fraction of sp³-hybridized carbons (Fsp3) is 0.429. The lowest BCUT2D eigenvalue weighted by Crippen LogP contribution is -2.13. The van der Waals surface area contributed by atoms with Crippen LogP contribution >= 0.6 is 0 Å². The molecule has 0 saturated carbocycles. The molecule has 1 atom stereocenters. The maximum atomic E-state index is 11.7. The van der Waals surface area contributed by atoms with Gasteiger partial charge in [0.2, 0.25) is 5.91 Å². The molecule has 1 saturated heterocycles. The van der Waals surface area contributed by atoms with E-state index < -0.39 is 21.7 Å². The van der Waals surface area contributed by atoms with Crippen LogP contribution in [-0.2, 0) is 26.0 Å². The van der Waals surface area contributed by atoms with Crippen LogP contribution in [0.3, 0.4) is 0 Å². The molecule has 0 bridgehead atoms. The van der Waals surface area contributed by atoms with Crippen LogP contribution in [0.15, 0.2) is 24.3 Å². The predicted octanol–water partition coefficient (Wildman–Crippen LogP) is 0.653. The second-order valence-corrected chi connectivity index (χ2v) is 7.42. The van der Waals surface area contributed by atoms with Crippen LogP contribution < -0.4 is 5.73 Å². The van der Waals surface area contributed by atoms with Crippen molar-refractivity contribution in [3.8, 4) is 0 Å². The minimum atomic E-state index is -2.97. The van der Waals surface area contributed by atoms with Crippen LogP contribution in [0.1, 0.15) is 28.8 Å². The van der Waals surface area contributed by atoms with E-state index in [1.165, 1.54) is 0 Å². The minimum Gasteiger partial charge on any atom is -0.461 e. The molecular formula is C14H17NO5S. The Bertz CT molecular complexity index is 636. The van der Waals surface area contributed by atoms with Gasteiger partial charge in [0.25, 0.3) is 0 Å². The van der Waals surface area contributed by atoms with Crippen molar-refractivity contribution in [1.29, 1.82) is 0 Å². The first-order chi connectivity index (χ1) is 9.85. The summed E-state index contributed by atoms with van der Waals surface area (Å²) >= 11 is 0. The van der Waals surface area contributed by atoms with E-state index in [2.05, 4.69) is 0 Å². The average Bonchev–Trinajstić information content (AvgIpc) is 2.76. The third-order valence-electron chi connectivity index (χ3n) is 3.42. The van der Waals surface area contributed by atoms with Crippen LogP contribution in [0.25, 0.3) is 0 Å². The zero-order chi connectivity index (χ0) is 15.5. The van der Waals surface area contributed by atoms with Gasteiger partial charge < -0.3 is 10.5 Å². The van der Waals surface area contributed by atoms with Gasteiger partial charge in [-0.2, -0.15) is 0 Å². The largest absolute Gasteiger partial charge is 0.461 e. The molecule has 2 rings (SSSR count). The molecule has 0 radical (unpaired) electrons. The van der Waals surface area contributed by atoms with Crippen LogP contribution in [0.4, 0.5) is 0 Å². The quantitative estimate of drug-likeness (QED) is 0.804. The van der Waals surface area contributed by atoms with E-state index in [-0.39, 0.29) is 30.5 Å². The molecule has 0 unspecified atom stereocenters. The van der Waals surface area contributed by atoms with E-state index >= 15 is 0 Å². The molecule has 1 fully saturated rings. The number of rotatable bonds is 5. The molecule has 1 aromatic carbocycles. The lowest BCUT2D eigenvalue weighted by Gasteiger charge is -2.08. The van der Waals surface area contributed by atoms with Gasteiger partial charge in [0.1, 0.15) is 6.61 Å². The standard InChI is InChI=1S/C14H17NO5S/c15-14(17)12-3-1-10(2-4-12)8-20-13(16)7-11-5-6-21(18,19)9-11/h1-4,11H,5-9H2,(H2,15,17)/t11-/m0/s1. The molecular weight excluding hydrogens is 294 g/mol. The summed E-state index contributed by atoms with van der Waals surface area (Å²) in [6, 6.07) is 6.45. The third kappa shape index (κ3) is 4.56. The SMILES string of the molecule is NC(=O)c1ccc(COC(=O)C[C@@H]2CCS(=O)(=O)C2)cc1. The summed E-state index contributed by atoms with van der Waals surface area (Å²) in [5.74, 6) is -0.841. The number of hydrogen-bond donors (Lipinski definition) is 1. The smallest absolute Gasteiger partial charge is 0.306 e. The highest BCUT2D eigenvalue weighted by molar-refractivity contribution is 7.91. The Balaban J connectivity index is 1.80. The highest BCUT2D eigenvalue weighted by atomic mass is 32.2. The summed E-state index contributed by atoms with van der Waals surface area (Å²) in [4.78, 5) is 22.6. The summed E-state index contributed by atoms with van der Waals surface area (Å²) < 4.78 is 27.7. The molecule has 21 heavy (non-hydrogen) atoms. The van der Waals surface area contributed by atoms with E-state index in [0.717, 1.165) is 5.56 Å². The first-order valence-electron chi connectivity index (χ1n) is 6.60. The van der Waals surface area contributed by atoms with E-state index in [4.69, 9.17) is 10.5 Å². The van der Waals surface area contributed by atoms with Gasteiger partial charge in [0.05, 0.1) is 11.5 Å². The number of nitrogens with two attached hydrogens (primary N) is 1. The molecule has 0 aromatic heterocycles. The number of amides is 1. The monoisotopic (exact) mass is 311 g/mol. The van der Waals surface area contributed by atoms with E-state index in [9.17, 15) is 18.0 Å². The summed E-state index contributed by atoms with van der Waals surface area (Å²) in [6.07, 6.45) is 0.642. The zero-order valence-corrected chi connectivity index (χ0v) is 12.3. The number of carbonyl (C=O) groups is 2. The maximum Gasteiger partial charge on any atom is 0.306 e. The lowest BCUT2D eigenvalue weighted by molar-refractivity contribution is -0.145. The molecule has 1 aliphatic heterocycles. The molecule has 1 heterocycles. The third-order valence-corrected chi connectivity index (χ3v) is 5.26. The van der Waals surface area contributed by atoms with Crippen molar-refractivity contribution >= 4 is 21.7 Å². The number of sulfone groups is 1. The topological polar surface area (TPSA) is 104 Å². The molecule has 0 aliphatic carbocycles. The molecule has 6 nitrogen and oxygen atoms in total. The molecule has 0 spiro atoms. The van der Waals surface area contributed by atoms with Crippen molar-refractivity contribution < 1.29 is 22.7 Å².